The van der Waals surface area contributed by atoms with Crippen LogP contribution in [0.2, 0.25) is 0 Å². The van der Waals surface area contributed by atoms with Crippen molar-refractivity contribution in [3.63, 3.8) is 0 Å². The molecule has 0 fully saturated rings. The number of benzene rings is 2. The van der Waals surface area contributed by atoms with Gasteiger partial charge in [-0.05, 0) is 49.4 Å². The molecular weight excluding hydrogens is 414 g/mol. The number of hydrogen-bond acceptors (Lipinski definition) is 4. The second-order valence-electron chi connectivity index (χ2n) is 5.45. The van der Waals surface area contributed by atoms with E-state index in [0.29, 0.717) is 35.7 Å². The molecule has 2 aromatic carbocycles. The monoisotopic (exact) mass is 429 g/mol. The summed E-state index contributed by atoms with van der Waals surface area (Å²) >= 11 is 4.94. The highest BCUT2D eigenvalue weighted by molar-refractivity contribution is 9.10. The van der Waals surface area contributed by atoms with Crippen LogP contribution >= 0.6 is 27.3 Å². The van der Waals surface area contributed by atoms with Crippen LogP contribution in [-0.4, -0.2) is 23.7 Å². The van der Waals surface area contributed by atoms with Crippen molar-refractivity contribution in [2.45, 2.75) is 13.5 Å². The maximum Gasteiger partial charge on any atom is 0.279 e. The van der Waals surface area contributed by atoms with Gasteiger partial charge >= 0.3 is 0 Å². The SMILES string of the molecule is CCOCCn1c(=NC(=O)c2ccc(C#N)cc2)sc2cc(Br)ccc21. The maximum absolute atomic E-state index is 12.5. The van der Waals surface area contributed by atoms with Gasteiger partial charge in [0.1, 0.15) is 0 Å². The molecule has 1 heterocycles. The second kappa shape index (κ2) is 8.41. The lowest BCUT2D eigenvalue weighted by Gasteiger charge is -2.05. The third-order valence-electron chi connectivity index (χ3n) is 3.77. The Morgan fingerprint density at radius 1 is 1.31 bits per heavy atom. The quantitative estimate of drug-likeness (QED) is 0.572. The average Bonchev–Trinajstić information content (AvgIpc) is 2.98. The summed E-state index contributed by atoms with van der Waals surface area (Å²) in [7, 11) is 0. The van der Waals surface area contributed by atoms with Crippen LogP contribution in [-0.2, 0) is 11.3 Å². The van der Waals surface area contributed by atoms with E-state index in [-0.39, 0.29) is 5.91 Å². The van der Waals surface area contributed by atoms with Crippen LogP contribution in [0.4, 0.5) is 0 Å². The van der Waals surface area contributed by atoms with Gasteiger partial charge in [-0.25, -0.2) is 0 Å². The molecule has 1 amide bonds. The molecule has 0 radical (unpaired) electrons. The molecular formula is C19H16BrN3O2S. The number of halogens is 1. The number of amides is 1. The third-order valence-corrected chi connectivity index (χ3v) is 5.30. The Morgan fingerprint density at radius 2 is 2.08 bits per heavy atom. The highest BCUT2D eigenvalue weighted by atomic mass is 79.9. The van der Waals surface area contributed by atoms with Gasteiger partial charge in [0.2, 0.25) is 0 Å². The van der Waals surface area contributed by atoms with Crippen LogP contribution in [0.1, 0.15) is 22.8 Å². The zero-order chi connectivity index (χ0) is 18.5. The van der Waals surface area contributed by atoms with Crippen molar-refractivity contribution < 1.29 is 9.53 Å². The van der Waals surface area contributed by atoms with Crippen LogP contribution in [0.15, 0.2) is 51.9 Å². The largest absolute Gasteiger partial charge is 0.380 e. The fourth-order valence-corrected chi connectivity index (χ4v) is 4.09. The zero-order valence-electron chi connectivity index (χ0n) is 14.1. The van der Waals surface area contributed by atoms with Crippen LogP contribution in [0, 0.1) is 11.3 Å². The number of rotatable bonds is 5. The number of aromatic nitrogens is 1. The van der Waals surface area contributed by atoms with Gasteiger partial charge in [-0.1, -0.05) is 27.3 Å². The van der Waals surface area contributed by atoms with Gasteiger partial charge in [-0.2, -0.15) is 10.3 Å². The van der Waals surface area contributed by atoms with E-state index >= 15 is 0 Å². The number of ether oxygens (including phenoxy) is 1. The minimum absolute atomic E-state index is 0.328. The van der Waals surface area contributed by atoms with Crippen molar-refractivity contribution in [1.29, 1.82) is 5.26 Å². The molecule has 3 aromatic rings. The van der Waals surface area contributed by atoms with Crippen molar-refractivity contribution >= 4 is 43.4 Å². The van der Waals surface area contributed by atoms with Gasteiger partial charge in [0.25, 0.3) is 5.91 Å². The molecule has 0 aliphatic rings. The van der Waals surface area contributed by atoms with Crippen LogP contribution in [0.3, 0.4) is 0 Å². The first-order chi connectivity index (χ1) is 12.6. The number of fused-ring (bicyclic) bond motifs is 1. The van der Waals surface area contributed by atoms with E-state index < -0.39 is 0 Å². The van der Waals surface area contributed by atoms with E-state index in [0.717, 1.165) is 14.7 Å². The molecule has 0 N–H and O–H groups in total. The summed E-state index contributed by atoms with van der Waals surface area (Å²) in [5, 5.41) is 8.87. The zero-order valence-corrected chi connectivity index (χ0v) is 16.5. The van der Waals surface area contributed by atoms with Gasteiger partial charge in [-0.3, -0.25) is 4.79 Å². The fourth-order valence-electron chi connectivity index (χ4n) is 2.49. The minimum atomic E-state index is -0.328. The van der Waals surface area contributed by atoms with Crippen molar-refractivity contribution in [1.82, 2.24) is 4.57 Å². The molecule has 0 atom stereocenters. The molecule has 0 bridgehead atoms. The Morgan fingerprint density at radius 3 is 2.77 bits per heavy atom. The number of carbonyl (C=O) groups excluding carboxylic acids is 1. The number of nitrogens with zero attached hydrogens (tertiary/aromatic N) is 3. The molecule has 0 saturated heterocycles. The number of thiazole rings is 1. The van der Waals surface area contributed by atoms with Crippen LogP contribution < -0.4 is 4.80 Å². The maximum atomic E-state index is 12.5. The normalized spacial score (nSPS) is 11.7. The van der Waals surface area contributed by atoms with Crippen molar-refractivity contribution in [2.24, 2.45) is 4.99 Å². The molecule has 0 unspecified atom stereocenters. The molecule has 7 heteroatoms. The Kier molecular flexibility index (Phi) is 5.99. The predicted molar refractivity (Wildman–Crippen MR) is 105 cm³/mol. The Hall–Kier alpha value is -2.27. The minimum Gasteiger partial charge on any atom is -0.380 e. The Bertz CT molecular complexity index is 1050. The number of nitriles is 1. The Labute approximate surface area is 163 Å². The lowest BCUT2D eigenvalue weighted by Crippen LogP contribution is -2.19. The summed E-state index contributed by atoms with van der Waals surface area (Å²) in [6.07, 6.45) is 0. The summed E-state index contributed by atoms with van der Waals surface area (Å²) in [6, 6.07) is 14.5. The fraction of sp³-hybridized carbons (Fsp3) is 0.211. The topological polar surface area (TPSA) is 67.4 Å². The van der Waals surface area contributed by atoms with Crippen LogP contribution in [0.25, 0.3) is 10.2 Å². The molecule has 3 rings (SSSR count). The van der Waals surface area contributed by atoms with Gasteiger partial charge in [0, 0.05) is 23.2 Å². The second-order valence-corrected chi connectivity index (χ2v) is 7.38. The lowest BCUT2D eigenvalue weighted by molar-refractivity contribution is 0.0996. The van der Waals surface area contributed by atoms with Crippen LogP contribution in [0.5, 0.6) is 0 Å². The molecule has 1 aromatic heterocycles. The first kappa shape index (κ1) is 18.5. The molecule has 0 aliphatic heterocycles. The summed E-state index contributed by atoms with van der Waals surface area (Å²) in [5.41, 5.74) is 1.99. The van der Waals surface area contributed by atoms with Gasteiger partial charge in [0.05, 0.1) is 28.5 Å². The molecule has 5 nitrogen and oxygen atoms in total. The van der Waals surface area contributed by atoms with E-state index in [4.69, 9.17) is 10.00 Å². The van der Waals surface area contributed by atoms with Crippen molar-refractivity contribution in [3.05, 3.63) is 62.9 Å². The molecule has 26 heavy (non-hydrogen) atoms. The van der Waals surface area contributed by atoms with Crippen molar-refractivity contribution in [3.8, 4) is 6.07 Å². The standard InChI is InChI=1S/C19H16BrN3O2S/c1-2-25-10-9-23-16-8-7-15(20)11-17(16)26-19(23)22-18(24)14-5-3-13(12-21)4-6-14/h3-8,11H,2,9-10H2,1H3. The van der Waals surface area contributed by atoms with E-state index in [1.165, 1.54) is 11.3 Å². The van der Waals surface area contributed by atoms with Gasteiger partial charge in [-0.15, -0.1) is 0 Å². The number of carbonyl (C=O) groups is 1. The lowest BCUT2D eigenvalue weighted by atomic mass is 10.1. The highest BCUT2D eigenvalue weighted by Crippen LogP contribution is 2.22. The molecule has 132 valence electrons. The molecule has 0 spiro atoms. The summed E-state index contributed by atoms with van der Waals surface area (Å²) in [6.45, 7) is 3.77. The van der Waals surface area contributed by atoms with E-state index in [1.54, 1.807) is 24.3 Å². The molecule has 0 saturated carbocycles. The first-order valence-electron chi connectivity index (χ1n) is 8.08. The van der Waals surface area contributed by atoms with E-state index in [1.807, 2.05) is 35.8 Å². The summed E-state index contributed by atoms with van der Waals surface area (Å²) < 4.78 is 9.49. The smallest absolute Gasteiger partial charge is 0.279 e. The Balaban J connectivity index is 2.03. The average molecular weight is 430 g/mol. The van der Waals surface area contributed by atoms with E-state index in [2.05, 4.69) is 20.9 Å². The predicted octanol–water partition coefficient (Wildman–Crippen LogP) is 4.11. The third kappa shape index (κ3) is 4.10. The van der Waals surface area contributed by atoms with Gasteiger partial charge in [0.15, 0.2) is 4.80 Å². The molecule has 0 aliphatic carbocycles. The summed E-state index contributed by atoms with van der Waals surface area (Å²) in [4.78, 5) is 17.5. The number of hydrogen-bond donors (Lipinski definition) is 0. The highest BCUT2D eigenvalue weighted by Gasteiger charge is 2.10. The summed E-state index contributed by atoms with van der Waals surface area (Å²) in [5.74, 6) is -0.328. The van der Waals surface area contributed by atoms with Gasteiger partial charge < -0.3 is 9.30 Å². The van der Waals surface area contributed by atoms with E-state index in [9.17, 15) is 4.79 Å². The first-order valence-corrected chi connectivity index (χ1v) is 9.69. The van der Waals surface area contributed by atoms with Crippen molar-refractivity contribution in [2.75, 3.05) is 13.2 Å².